The fourth-order valence-corrected chi connectivity index (χ4v) is 1.93. The van der Waals surface area contributed by atoms with E-state index in [9.17, 15) is 9.59 Å². The first-order chi connectivity index (χ1) is 7.47. The maximum Gasteiger partial charge on any atom is 0.266 e. The van der Waals surface area contributed by atoms with Crippen molar-refractivity contribution in [2.24, 2.45) is 11.7 Å². The Hall–Kier alpha value is -1.14. The van der Waals surface area contributed by atoms with Crippen molar-refractivity contribution in [3.05, 3.63) is 0 Å². The average Bonchev–Trinajstić information content (AvgIpc) is 2.55. The van der Waals surface area contributed by atoms with Gasteiger partial charge in [0.05, 0.1) is 6.04 Å². The number of nitrogens with zero attached hydrogens (tertiary/aromatic N) is 1. The third-order valence-corrected chi connectivity index (χ3v) is 2.77. The zero-order valence-corrected chi connectivity index (χ0v) is 9.64. The zero-order chi connectivity index (χ0) is 12.3. The third-order valence-electron chi connectivity index (χ3n) is 2.77. The summed E-state index contributed by atoms with van der Waals surface area (Å²) in [4.78, 5) is 24.6. The summed E-state index contributed by atoms with van der Waals surface area (Å²) in [5.41, 5.74) is 7.20. The van der Waals surface area contributed by atoms with Crippen molar-refractivity contribution in [3.8, 4) is 0 Å². The van der Waals surface area contributed by atoms with Gasteiger partial charge in [0.25, 0.3) is 5.91 Å². The highest BCUT2D eigenvalue weighted by Crippen LogP contribution is 2.18. The Labute approximate surface area is 94.7 Å². The number of nitrogens with two attached hydrogens (primary N) is 1. The summed E-state index contributed by atoms with van der Waals surface area (Å²) in [7, 11) is 0. The van der Waals surface area contributed by atoms with E-state index >= 15 is 0 Å². The van der Waals surface area contributed by atoms with E-state index in [1.807, 2.05) is 13.8 Å². The van der Waals surface area contributed by atoms with E-state index in [1.165, 1.54) is 4.90 Å². The van der Waals surface area contributed by atoms with E-state index in [4.69, 9.17) is 10.9 Å². The lowest BCUT2D eigenvalue weighted by Gasteiger charge is -2.27. The highest BCUT2D eigenvalue weighted by atomic mass is 16.5. The van der Waals surface area contributed by atoms with Crippen LogP contribution in [-0.4, -0.2) is 40.5 Å². The molecule has 0 aromatic heterocycles. The van der Waals surface area contributed by atoms with Crippen LogP contribution in [0.15, 0.2) is 0 Å². The fourth-order valence-electron chi connectivity index (χ4n) is 1.93. The number of rotatable bonds is 4. The molecule has 1 rings (SSSR count). The van der Waals surface area contributed by atoms with Crippen molar-refractivity contribution in [2.45, 2.75) is 38.8 Å². The van der Waals surface area contributed by atoms with Gasteiger partial charge in [-0.1, -0.05) is 13.8 Å². The Bertz CT molecular complexity index is 280. The predicted octanol–water partition coefficient (Wildman–Crippen LogP) is -0.534. The van der Waals surface area contributed by atoms with Crippen LogP contribution in [-0.2, 0) is 9.59 Å². The number of carbonyl (C=O) groups is 2. The van der Waals surface area contributed by atoms with Crippen molar-refractivity contribution < 1.29 is 14.8 Å². The molecule has 1 heterocycles. The molecule has 6 heteroatoms. The standard InChI is InChI=1S/C10H19N3O3/c1-6(2)5-8(9(14)12-16)13-4-3-7(11)10(13)15/h6-8,16H,3-5,11H2,1-2H3,(H,12,14). The van der Waals surface area contributed by atoms with Gasteiger partial charge in [-0.15, -0.1) is 0 Å². The Morgan fingerprint density at radius 1 is 1.69 bits per heavy atom. The number of amides is 2. The van der Waals surface area contributed by atoms with Crippen LogP contribution in [0.5, 0.6) is 0 Å². The maximum absolute atomic E-state index is 11.7. The molecule has 2 atom stereocenters. The van der Waals surface area contributed by atoms with Gasteiger partial charge in [-0.3, -0.25) is 14.8 Å². The van der Waals surface area contributed by atoms with Crippen LogP contribution >= 0.6 is 0 Å². The summed E-state index contributed by atoms with van der Waals surface area (Å²) < 4.78 is 0. The molecule has 1 saturated heterocycles. The summed E-state index contributed by atoms with van der Waals surface area (Å²) in [6.45, 7) is 4.39. The molecule has 1 aliphatic rings. The van der Waals surface area contributed by atoms with Crippen LogP contribution in [0, 0.1) is 5.92 Å². The Morgan fingerprint density at radius 2 is 2.31 bits per heavy atom. The molecule has 16 heavy (non-hydrogen) atoms. The average molecular weight is 229 g/mol. The SMILES string of the molecule is CC(C)CC(C(=O)NO)N1CCC(N)C1=O. The molecule has 0 aromatic carbocycles. The third kappa shape index (κ3) is 2.70. The second kappa shape index (κ2) is 5.27. The van der Waals surface area contributed by atoms with Crippen LogP contribution in [0.1, 0.15) is 26.7 Å². The quantitative estimate of drug-likeness (QED) is 0.446. The van der Waals surface area contributed by atoms with Crippen LogP contribution in [0.3, 0.4) is 0 Å². The number of carbonyl (C=O) groups excluding carboxylic acids is 2. The molecule has 0 bridgehead atoms. The summed E-state index contributed by atoms with van der Waals surface area (Å²) in [6, 6.07) is -1.13. The summed E-state index contributed by atoms with van der Waals surface area (Å²) in [6.07, 6.45) is 1.08. The van der Waals surface area contributed by atoms with Crippen molar-refractivity contribution in [3.63, 3.8) is 0 Å². The van der Waals surface area contributed by atoms with E-state index in [-0.39, 0.29) is 11.8 Å². The predicted molar refractivity (Wildman–Crippen MR) is 57.5 cm³/mol. The lowest BCUT2D eigenvalue weighted by atomic mass is 10.0. The molecule has 0 radical (unpaired) electrons. The van der Waals surface area contributed by atoms with E-state index in [0.717, 1.165) is 0 Å². The molecule has 2 unspecified atom stereocenters. The van der Waals surface area contributed by atoms with Crippen molar-refractivity contribution in [2.75, 3.05) is 6.54 Å². The van der Waals surface area contributed by atoms with Gasteiger partial charge in [0, 0.05) is 6.54 Å². The van der Waals surface area contributed by atoms with Gasteiger partial charge in [0.15, 0.2) is 0 Å². The highest BCUT2D eigenvalue weighted by Gasteiger charge is 2.37. The second-order valence-electron chi connectivity index (χ2n) is 4.55. The van der Waals surface area contributed by atoms with Gasteiger partial charge in [-0.05, 0) is 18.8 Å². The molecule has 92 valence electrons. The molecule has 6 nitrogen and oxygen atoms in total. The van der Waals surface area contributed by atoms with E-state index in [0.29, 0.717) is 19.4 Å². The summed E-state index contributed by atoms with van der Waals surface area (Å²) in [5, 5.41) is 8.66. The minimum absolute atomic E-state index is 0.214. The van der Waals surface area contributed by atoms with Gasteiger partial charge in [-0.25, -0.2) is 5.48 Å². The molecular weight excluding hydrogens is 210 g/mol. The number of hydroxylamine groups is 1. The van der Waals surface area contributed by atoms with Crippen LogP contribution in [0.2, 0.25) is 0 Å². The molecule has 0 aromatic rings. The lowest BCUT2D eigenvalue weighted by Crippen LogP contribution is -2.49. The second-order valence-corrected chi connectivity index (χ2v) is 4.55. The van der Waals surface area contributed by atoms with Crippen LogP contribution < -0.4 is 11.2 Å². The minimum atomic E-state index is -0.619. The number of hydrogen-bond acceptors (Lipinski definition) is 4. The molecular formula is C10H19N3O3. The lowest BCUT2D eigenvalue weighted by molar-refractivity contribution is -0.143. The van der Waals surface area contributed by atoms with Crippen molar-refractivity contribution in [1.29, 1.82) is 0 Å². The molecule has 0 saturated carbocycles. The summed E-state index contributed by atoms with van der Waals surface area (Å²) >= 11 is 0. The topological polar surface area (TPSA) is 95.7 Å². The zero-order valence-electron chi connectivity index (χ0n) is 9.64. The first-order valence-corrected chi connectivity index (χ1v) is 5.47. The Balaban J connectivity index is 2.76. The highest BCUT2D eigenvalue weighted by molar-refractivity contribution is 5.90. The van der Waals surface area contributed by atoms with Crippen LogP contribution in [0.25, 0.3) is 0 Å². The van der Waals surface area contributed by atoms with E-state index < -0.39 is 18.0 Å². The first-order valence-electron chi connectivity index (χ1n) is 5.47. The van der Waals surface area contributed by atoms with E-state index in [1.54, 1.807) is 5.48 Å². The molecule has 1 fully saturated rings. The molecule has 0 spiro atoms. The van der Waals surface area contributed by atoms with Crippen molar-refractivity contribution in [1.82, 2.24) is 10.4 Å². The van der Waals surface area contributed by atoms with Gasteiger partial charge in [0.1, 0.15) is 6.04 Å². The molecule has 0 aliphatic carbocycles. The van der Waals surface area contributed by atoms with Crippen molar-refractivity contribution >= 4 is 11.8 Å². The molecule has 2 amide bonds. The monoisotopic (exact) mass is 229 g/mol. The van der Waals surface area contributed by atoms with Gasteiger partial charge in [-0.2, -0.15) is 0 Å². The maximum atomic E-state index is 11.7. The Kier molecular flexibility index (Phi) is 4.26. The smallest absolute Gasteiger partial charge is 0.266 e. The summed E-state index contributed by atoms with van der Waals surface area (Å²) in [5.74, 6) is -0.502. The van der Waals surface area contributed by atoms with Gasteiger partial charge >= 0.3 is 0 Å². The number of nitrogens with one attached hydrogen (secondary N) is 1. The Morgan fingerprint density at radius 3 is 2.69 bits per heavy atom. The normalized spacial score (nSPS) is 22.7. The fraction of sp³-hybridized carbons (Fsp3) is 0.800. The minimum Gasteiger partial charge on any atom is -0.329 e. The number of hydrogen-bond donors (Lipinski definition) is 3. The molecule has 1 aliphatic heterocycles. The largest absolute Gasteiger partial charge is 0.329 e. The van der Waals surface area contributed by atoms with Gasteiger partial charge < -0.3 is 10.6 Å². The van der Waals surface area contributed by atoms with Gasteiger partial charge in [0.2, 0.25) is 5.91 Å². The first kappa shape index (κ1) is 12.9. The number of likely N-dealkylation sites (tertiary alicyclic amines) is 1. The molecule has 4 N–H and O–H groups in total. The van der Waals surface area contributed by atoms with Crippen LogP contribution in [0.4, 0.5) is 0 Å². The van der Waals surface area contributed by atoms with E-state index in [2.05, 4.69) is 0 Å².